The van der Waals surface area contributed by atoms with E-state index in [2.05, 4.69) is 43.6 Å². The van der Waals surface area contributed by atoms with E-state index in [1.807, 2.05) is 0 Å². The summed E-state index contributed by atoms with van der Waals surface area (Å²) in [4.78, 5) is 0. The van der Waals surface area contributed by atoms with Crippen LogP contribution in [-0.2, 0) is 6.54 Å². The lowest BCUT2D eigenvalue weighted by Gasteiger charge is -2.43. The number of hydrogen-bond acceptors (Lipinski definition) is 1. The topological polar surface area (TPSA) is 40.7 Å². The summed E-state index contributed by atoms with van der Waals surface area (Å²) in [5.74, 6) is -0.215. The Labute approximate surface area is 138 Å². The van der Waals surface area contributed by atoms with Gasteiger partial charge in [0.25, 0.3) is 0 Å². The van der Waals surface area contributed by atoms with Crippen LogP contribution in [0, 0.1) is 5.82 Å². The molecule has 0 spiro atoms. The van der Waals surface area contributed by atoms with E-state index < -0.39 is 0 Å². The lowest BCUT2D eigenvalue weighted by molar-refractivity contribution is -0.787. The zero-order valence-corrected chi connectivity index (χ0v) is 14.7. The summed E-state index contributed by atoms with van der Waals surface area (Å²) in [7, 11) is 0. The van der Waals surface area contributed by atoms with E-state index in [0.717, 1.165) is 18.4 Å². The van der Waals surface area contributed by atoms with Gasteiger partial charge >= 0.3 is 0 Å². The molecule has 3 nitrogen and oxygen atoms in total. The number of quaternary nitrogens is 1. The number of halogens is 1. The van der Waals surface area contributed by atoms with Crippen molar-refractivity contribution in [1.82, 2.24) is 10.6 Å². The first-order chi connectivity index (χ1) is 10.2. The number of benzene rings is 1. The molecule has 1 saturated heterocycles. The number of nitrogens with two attached hydrogens (primary N) is 1. The van der Waals surface area contributed by atoms with Gasteiger partial charge in [0, 0.05) is 25.4 Å². The van der Waals surface area contributed by atoms with Crippen LogP contribution in [0.3, 0.4) is 0 Å². The van der Waals surface area contributed by atoms with Crippen molar-refractivity contribution in [2.24, 2.45) is 0 Å². The van der Waals surface area contributed by atoms with Crippen LogP contribution in [0.15, 0.2) is 24.3 Å². The van der Waals surface area contributed by atoms with Crippen LogP contribution >= 0.6 is 12.2 Å². The van der Waals surface area contributed by atoms with Gasteiger partial charge in [0.2, 0.25) is 0 Å². The Hall–Kier alpha value is -1.20. The second-order valence-electron chi connectivity index (χ2n) is 7.68. The molecular weight excluding hydrogens is 297 g/mol. The third-order valence-electron chi connectivity index (χ3n) is 4.03. The van der Waals surface area contributed by atoms with Crippen molar-refractivity contribution in [3.05, 3.63) is 35.6 Å². The fourth-order valence-corrected chi connectivity index (χ4v) is 3.88. The molecule has 0 atom stereocenters. The van der Waals surface area contributed by atoms with Gasteiger partial charge in [0.1, 0.15) is 5.82 Å². The lowest BCUT2D eigenvalue weighted by Crippen LogP contribution is -3.06. The van der Waals surface area contributed by atoms with E-state index in [0.29, 0.717) is 17.7 Å². The van der Waals surface area contributed by atoms with Crippen molar-refractivity contribution in [2.75, 3.05) is 0 Å². The standard InChI is InChI=1S/C17H26FN3S/c1-16(2)9-14(10-17(3,4)21-16)20-15(22)19-11-12-5-7-13(18)8-6-12/h5-8,14,21H,9-11H2,1-4H3,(H2,19,20,22)/p+1. The van der Waals surface area contributed by atoms with E-state index >= 15 is 0 Å². The first-order valence-electron chi connectivity index (χ1n) is 7.81. The third-order valence-corrected chi connectivity index (χ3v) is 4.29. The Kier molecular flexibility index (Phi) is 5.07. The maximum absolute atomic E-state index is 12.9. The van der Waals surface area contributed by atoms with E-state index in [4.69, 9.17) is 12.2 Å². The van der Waals surface area contributed by atoms with Crippen LogP contribution in [0.25, 0.3) is 0 Å². The Morgan fingerprint density at radius 2 is 1.73 bits per heavy atom. The van der Waals surface area contributed by atoms with Crippen molar-refractivity contribution in [1.29, 1.82) is 0 Å². The normalized spacial score (nSPS) is 20.4. The number of nitrogens with one attached hydrogen (secondary N) is 2. The average molecular weight is 324 g/mol. The molecule has 0 aliphatic carbocycles. The summed E-state index contributed by atoms with van der Waals surface area (Å²) in [5, 5.41) is 9.77. The summed E-state index contributed by atoms with van der Waals surface area (Å²) in [6.07, 6.45) is 2.16. The summed E-state index contributed by atoms with van der Waals surface area (Å²) in [6, 6.07) is 6.85. The van der Waals surface area contributed by atoms with Crippen molar-refractivity contribution in [3.8, 4) is 0 Å². The average Bonchev–Trinajstić information content (AvgIpc) is 2.34. The fourth-order valence-electron chi connectivity index (χ4n) is 3.64. The van der Waals surface area contributed by atoms with Gasteiger partial charge in [0.05, 0.1) is 11.1 Å². The van der Waals surface area contributed by atoms with Crippen LogP contribution in [0.5, 0.6) is 0 Å². The highest BCUT2D eigenvalue weighted by Crippen LogP contribution is 2.21. The highest BCUT2D eigenvalue weighted by molar-refractivity contribution is 7.80. The minimum absolute atomic E-state index is 0.214. The molecule has 4 N–H and O–H groups in total. The highest BCUT2D eigenvalue weighted by atomic mass is 32.1. The molecule has 2 rings (SSSR count). The molecule has 1 aliphatic heterocycles. The fraction of sp³-hybridized carbons (Fsp3) is 0.588. The highest BCUT2D eigenvalue weighted by Gasteiger charge is 2.41. The van der Waals surface area contributed by atoms with Crippen LogP contribution in [-0.4, -0.2) is 22.2 Å². The molecule has 1 aromatic rings. The molecule has 0 amide bonds. The van der Waals surface area contributed by atoms with Crippen LogP contribution in [0.2, 0.25) is 0 Å². The zero-order chi connectivity index (χ0) is 16.4. The Morgan fingerprint density at radius 1 is 1.18 bits per heavy atom. The van der Waals surface area contributed by atoms with Gasteiger partial charge in [-0.05, 0) is 57.6 Å². The molecule has 1 aliphatic rings. The number of piperidine rings is 1. The van der Waals surface area contributed by atoms with Gasteiger partial charge in [-0.25, -0.2) is 4.39 Å². The number of thiocarbonyl (C=S) groups is 1. The smallest absolute Gasteiger partial charge is 0.166 e. The van der Waals surface area contributed by atoms with Crippen LogP contribution < -0.4 is 16.0 Å². The van der Waals surface area contributed by atoms with E-state index in [1.54, 1.807) is 12.1 Å². The predicted octanol–water partition coefficient (Wildman–Crippen LogP) is 2.07. The van der Waals surface area contributed by atoms with Crippen LogP contribution in [0.1, 0.15) is 46.1 Å². The Morgan fingerprint density at radius 3 is 2.27 bits per heavy atom. The summed E-state index contributed by atoms with van der Waals surface area (Å²) < 4.78 is 12.9. The van der Waals surface area contributed by atoms with Gasteiger partial charge in [-0.2, -0.15) is 0 Å². The minimum atomic E-state index is -0.215. The second-order valence-corrected chi connectivity index (χ2v) is 8.09. The molecule has 0 unspecified atom stereocenters. The molecule has 1 fully saturated rings. The molecule has 122 valence electrons. The number of hydrogen-bond donors (Lipinski definition) is 3. The Balaban J connectivity index is 1.85. The maximum Gasteiger partial charge on any atom is 0.166 e. The third kappa shape index (κ3) is 5.21. The van der Waals surface area contributed by atoms with Crippen molar-refractivity contribution in [3.63, 3.8) is 0 Å². The quantitative estimate of drug-likeness (QED) is 0.746. The molecule has 1 aromatic carbocycles. The molecule has 5 heteroatoms. The van der Waals surface area contributed by atoms with E-state index in [9.17, 15) is 4.39 Å². The van der Waals surface area contributed by atoms with E-state index in [1.165, 1.54) is 12.1 Å². The molecule has 0 bridgehead atoms. The van der Waals surface area contributed by atoms with Crippen LogP contribution in [0.4, 0.5) is 4.39 Å². The molecular formula is C17H27FN3S+. The molecule has 22 heavy (non-hydrogen) atoms. The van der Waals surface area contributed by atoms with Gasteiger partial charge < -0.3 is 16.0 Å². The summed E-state index contributed by atoms with van der Waals surface area (Å²) in [6.45, 7) is 9.71. The van der Waals surface area contributed by atoms with Crippen molar-refractivity contribution in [2.45, 2.75) is 64.2 Å². The molecule has 0 saturated carbocycles. The second kappa shape index (κ2) is 6.50. The summed E-state index contributed by atoms with van der Waals surface area (Å²) in [5.41, 5.74) is 1.45. The van der Waals surface area contributed by atoms with Gasteiger partial charge in [-0.3, -0.25) is 0 Å². The number of rotatable bonds is 3. The SMILES string of the molecule is CC1(C)CC(NC(=S)NCc2ccc(F)cc2)CC(C)(C)[NH2+]1. The minimum Gasteiger partial charge on any atom is -0.359 e. The van der Waals surface area contributed by atoms with Crippen molar-refractivity contribution < 1.29 is 9.71 Å². The summed E-state index contributed by atoms with van der Waals surface area (Å²) >= 11 is 5.40. The van der Waals surface area contributed by atoms with Crippen molar-refractivity contribution >= 4 is 17.3 Å². The monoisotopic (exact) mass is 324 g/mol. The van der Waals surface area contributed by atoms with Gasteiger partial charge in [-0.1, -0.05) is 12.1 Å². The van der Waals surface area contributed by atoms with Gasteiger partial charge in [-0.15, -0.1) is 0 Å². The largest absolute Gasteiger partial charge is 0.359 e. The first kappa shape index (κ1) is 17.2. The molecule has 1 heterocycles. The zero-order valence-electron chi connectivity index (χ0n) is 13.9. The molecule has 0 aromatic heterocycles. The first-order valence-corrected chi connectivity index (χ1v) is 8.22. The van der Waals surface area contributed by atoms with E-state index in [-0.39, 0.29) is 16.9 Å². The van der Waals surface area contributed by atoms with Gasteiger partial charge in [0.15, 0.2) is 5.11 Å². The predicted molar refractivity (Wildman–Crippen MR) is 92.1 cm³/mol. The lowest BCUT2D eigenvalue weighted by atomic mass is 9.80. The Bertz CT molecular complexity index is 509. The molecule has 0 radical (unpaired) electrons. The maximum atomic E-state index is 12.9.